The molecule has 1 aromatic carbocycles. The van der Waals surface area contributed by atoms with Gasteiger partial charge in [0.2, 0.25) is 0 Å². The molecule has 0 amide bonds. The Labute approximate surface area is 106 Å². The van der Waals surface area contributed by atoms with E-state index in [1.807, 2.05) is 0 Å². The quantitative estimate of drug-likeness (QED) is 0.946. The Morgan fingerprint density at radius 2 is 2.18 bits per heavy atom. The van der Waals surface area contributed by atoms with E-state index in [-0.39, 0.29) is 5.75 Å². The SMILES string of the molecule is COc1ccc(C(N)c2ccoc2Br)cc1F. The molecule has 2 aromatic rings. The lowest BCUT2D eigenvalue weighted by Crippen LogP contribution is -2.11. The summed E-state index contributed by atoms with van der Waals surface area (Å²) in [5.74, 6) is -0.229. The molecule has 0 aliphatic rings. The van der Waals surface area contributed by atoms with Crippen molar-refractivity contribution in [2.24, 2.45) is 5.73 Å². The normalized spacial score (nSPS) is 12.5. The third-order valence-electron chi connectivity index (χ3n) is 2.52. The molecule has 1 heterocycles. The molecule has 0 saturated carbocycles. The Morgan fingerprint density at radius 3 is 2.71 bits per heavy atom. The number of hydrogen-bond donors (Lipinski definition) is 1. The zero-order chi connectivity index (χ0) is 12.4. The smallest absolute Gasteiger partial charge is 0.174 e. The van der Waals surface area contributed by atoms with E-state index in [2.05, 4.69) is 15.9 Å². The molecule has 0 radical (unpaired) electrons. The zero-order valence-corrected chi connectivity index (χ0v) is 10.7. The van der Waals surface area contributed by atoms with Crippen LogP contribution in [-0.2, 0) is 0 Å². The minimum atomic E-state index is -0.441. The van der Waals surface area contributed by atoms with E-state index < -0.39 is 11.9 Å². The summed E-state index contributed by atoms with van der Waals surface area (Å²) < 4.78 is 24.0. The average Bonchev–Trinajstić information content (AvgIpc) is 2.74. The van der Waals surface area contributed by atoms with Gasteiger partial charge in [-0.2, -0.15) is 0 Å². The van der Waals surface area contributed by atoms with E-state index >= 15 is 0 Å². The summed E-state index contributed by atoms with van der Waals surface area (Å²) in [6.07, 6.45) is 1.53. The monoisotopic (exact) mass is 299 g/mol. The topological polar surface area (TPSA) is 48.4 Å². The molecule has 0 bridgehead atoms. The lowest BCUT2D eigenvalue weighted by Gasteiger charge is -2.12. The van der Waals surface area contributed by atoms with Crippen LogP contribution in [0, 0.1) is 5.82 Å². The molecule has 0 aliphatic heterocycles. The van der Waals surface area contributed by atoms with Gasteiger partial charge in [0, 0.05) is 5.56 Å². The molecule has 0 aliphatic carbocycles. The summed E-state index contributed by atoms with van der Waals surface area (Å²) in [5, 5.41) is 0. The summed E-state index contributed by atoms with van der Waals surface area (Å²) in [7, 11) is 1.42. The predicted molar refractivity (Wildman–Crippen MR) is 65.4 cm³/mol. The first kappa shape index (κ1) is 12.1. The van der Waals surface area contributed by atoms with Crippen LogP contribution in [0.1, 0.15) is 17.2 Å². The van der Waals surface area contributed by atoms with E-state index in [4.69, 9.17) is 14.9 Å². The Hall–Kier alpha value is -1.33. The minimum absolute atomic E-state index is 0.201. The zero-order valence-electron chi connectivity index (χ0n) is 9.11. The summed E-state index contributed by atoms with van der Waals surface area (Å²) in [4.78, 5) is 0. The molecule has 90 valence electrons. The molecule has 17 heavy (non-hydrogen) atoms. The van der Waals surface area contributed by atoms with Crippen LogP contribution in [0.5, 0.6) is 5.75 Å². The molecular formula is C12H11BrFNO2. The van der Waals surface area contributed by atoms with Gasteiger partial charge >= 0.3 is 0 Å². The fraction of sp³-hybridized carbons (Fsp3) is 0.167. The van der Waals surface area contributed by atoms with Gasteiger partial charge in [-0.1, -0.05) is 6.07 Å². The highest BCUT2D eigenvalue weighted by Gasteiger charge is 2.16. The van der Waals surface area contributed by atoms with Crippen molar-refractivity contribution in [3.8, 4) is 5.75 Å². The van der Waals surface area contributed by atoms with Crippen molar-refractivity contribution in [2.75, 3.05) is 7.11 Å². The number of halogens is 2. The third-order valence-corrected chi connectivity index (χ3v) is 3.16. The Balaban J connectivity index is 2.35. The predicted octanol–water partition coefficient (Wildman–Crippen LogP) is 3.24. The fourth-order valence-corrected chi connectivity index (χ4v) is 2.07. The van der Waals surface area contributed by atoms with Crippen molar-refractivity contribution in [3.63, 3.8) is 0 Å². The summed E-state index contributed by atoms with van der Waals surface area (Å²) in [6, 6.07) is 5.95. The highest BCUT2D eigenvalue weighted by molar-refractivity contribution is 9.10. The molecule has 5 heteroatoms. The number of hydrogen-bond acceptors (Lipinski definition) is 3. The van der Waals surface area contributed by atoms with Crippen LogP contribution in [0.4, 0.5) is 4.39 Å². The molecule has 1 aromatic heterocycles. The van der Waals surface area contributed by atoms with Crippen LogP contribution in [0.2, 0.25) is 0 Å². The maximum absolute atomic E-state index is 13.5. The maximum Gasteiger partial charge on any atom is 0.174 e. The summed E-state index contributed by atoms with van der Waals surface area (Å²) in [5.41, 5.74) is 7.46. The first-order chi connectivity index (χ1) is 8.13. The van der Waals surface area contributed by atoms with Gasteiger partial charge in [0.05, 0.1) is 19.4 Å². The van der Waals surface area contributed by atoms with Crippen LogP contribution in [0.3, 0.4) is 0 Å². The van der Waals surface area contributed by atoms with Gasteiger partial charge in [-0.05, 0) is 39.7 Å². The molecule has 0 saturated heterocycles. The van der Waals surface area contributed by atoms with Gasteiger partial charge in [-0.3, -0.25) is 0 Å². The van der Waals surface area contributed by atoms with Gasteiger partial charge < -0.3 is 14.9 Å². The fourth-order valence-electron chi connectivity index (χ4n) is 1.58. The molecular weight excluding hydrogens is 289 g/mol. The molecule has 1 atom stereocenters. The second kappa shape index (κ2) is 4.89. The van der Waals surface area contributed by atoms with E-state index in [1.54, 1.807) is 18.2 Å². The van der Waals surface area contributed by atoms with Gasteiger partial charge in [0.15, 0.2) is 16.2 Å². The molecule has 1 unspecified atom stereocenters. The van der Waals surface area contributed by atoms with E-state index in [0.717, 1.165) is 5.56 Å². The van der Waals surface area contributed by atoms with E-state index in [9.17, 15) is 4.39 Å². The second-order valence-electron chi connectivity index (χ2n) is 3.52. The van der Waals surface area contributed by atoms with Crippen LogP contribution in [-0.4, -0.2) is 7.11 Å². The number of furan rings is 1. The molecule has 2 N–H and O–H groups in total. The third kappa shape index (κ3) is 2.35. The van der Waals surface area contributed by atoms with Crippen LogP contribution >= 0.6 is 15.9 Å². The Bertz CT molecular complexity index is 527. The standard InChI is InChI=1S/C12H11BrFNO2/c1-16-10-3-2-7(6-9(10)14)11(15)8-4-5-17-12(8)13/h2-6,11H,15H2,1H3. The number of ether oxygens (including phenoxy) is 1. The highest BCUT2D eigenvalue weighted by Crippen LogP contribution is 2.29. The van der Waals surface area contributed by atoms with Crippen molar-refractivity contribution >= 4 is 15.9 Å². The maximum atomic E-state index is 13.5. The molecule has 0 spiro atoms. The number of rotatable bonds is 3. The number of benzene rings is 1. The van der Waals surface area contributed by atoms with E-state index in [1.165, 1.54) is 19.4 Å². The van der Waals surface area contributed by atoms with Crippen molar-refractivity contribution < 1.29 is 13.5 Å². The van der Waals surface area contributed by atoms with Crippen LogP contribution < -0.4 is 10.5 Å². The lowest BCUT2D eigenvalue weighted by atomic mass is 10.0. The Kier molecular flexibility index (Phi) is 3.49. The van der Waals surface area contributed by atoms with Crippen LogP contribution in [0.15, 0.2) is 39.6 Å². The lowest BCUT2D eigenvalue weighted by molar-refractivity contribution is 0.386. The minimum Gasteiger partial charge on any atom is -0.494 e. The first-order valence-electron chi connectivity index (χ1n) is 4.95. The number of nitrogens with two attached hydrogens (primary N) is 1. The second-order valence-corrected chi connectivity index (χ2v) is 4.24. The van der Waals surface area contributed by atoms with E-state index in [0.29, 0.717) is 10.2 Å². The number of methoxy groups -OCH3 is 1. The van der Waals surface area contributed by atoms with Gasteiger partial charge in [-0.25, -0.2) is 4.39 Å². The van der Waals surface area contributed by atoms with Gasteiger partial charge in [0.1, 0.15) is 0 Å². The van der Waals surface area contributed by atoms with Crippen molar-refractivity contribution in [3.05, 3.63) is 52.1 Å². The van der Waals surface area contributed by atoms with Crippen molar-refractivity contribution in [1.29, 1.82) is 0 Å². The molecule has 0 fully saturated rings. The highest BCUT2D eigenvalue weighted by atomic mass is 79.9. The molecule has 2 rings (SSSR count). The first-order valence-corrected chi connectivity index (χ1v) is 5.74. The van der Waals surface area contributed by atoms with Gasteiger partial charge in [-0.15, -0.1) is 0 Å². The van der Waals surface area contributed by atoms with Crippen molar-refractivity contribution in [1.82, 2.24) is 0 Å². The van der Waals surface area contributed by atoms with Crippen molar-refractivity contribution in [2.45, 2.75) is 6.04 Å². The summed E-state index contributed by atoms with van der Waals surface area (Å²) >= 11 is 3.25. The average molecular weight is 300 g/mol. The Morgan fingerprint density at radius 1 is 1.41 bits per heavy atom. The van der Waals surface area contributed by atoms with Gasteiger partial charge in [0.25, 0.3) is 0 Å². The summed E-state index contributed by atoms with van der Waals surface area (Å²) in [6.45, 7) is 0. The van der Waals surface area contributed by atoms with Crippen LogP contribution in [0.25, 0.3) is 0 Å². The molecule has 3 nitrogen and oxygen atoms in total. The largest absolute Gasteiger partial charge is 0.494 e.